The van der Waals surface area contributed by atoms with E-state index in [0.717, 1.165) is 89.3 Å². The number of aryl methyl sites for hydroxylation is 1. The first-order valence-corrected chi connectivity index (χ1v) is 14.4. The normalized spacial score (nSPS) is 14.2. The van der Waals surface area contributed by atoms with Gasteiger partial charge in [0.2, 0.25) is 0 Å². The van der Waals surface area contributed by atoms with E-state index in [1.165, 1.54) is 0 Å². The van der Waals surface area contributed by atoms with Crippen LogP contribution >= 0.6 is 0 Å². The molecule has 0 atom stereocenters. The predicted molar refractivity (Wildman–Crippen MR) is 156 cm³/mol. The predicted octanol–water partition coefficient (Wildman–Crippen LogP) is 3.16. The molecule has 2 N–H and O–H groups in total. The minimum atomic E-state index is -0.209. The summed E-state index contributed by atoms with van der Waals surface area (Å²) in [6.45, 7) is 11.8. The lowest BCUT2D eigenvalue weighted by atomic mass is 10.1. The first-order valence-electron chi connectivity index (χ1n) is 14.4. The summed E-state index contributed by atoms with van der Waals surface area (Å²) in [7, 11) is 1.77. The lowest BCUT2D eigenvalue weighted by molar-refractivity contribution is 0.0359. The van der Waals surface area contributed by atoms with Crippen molar-refractivity contribution in [3.8, 4) is 6.01 Å². The number of ether oxygens (including phenoxy) is 2. The fourth-order valence-electron chi connectivity index (χ4n) is 4.98. The Hall–Kier alpha value is -3.28. The Balaban J connectivity index is 1.45. The number of imidazole rings is 1. The summed E-state index contributed by atoms with van der Waals surface area (Å²) in [5, 5.41) is 3.05. The molecule has 0 bridgehead atoms. The molecule has 4 rings (SSSR count). The second kappa shape index (κ2) is 14.9. The third-order valence-corrected chi connectivity index (χ3v) is 7.22. The van der Waals surface area contributed by atoms with Crippen molar-refractivity contribution < 1.29 is 14.3 Å². The van der Waals surface area contributed by atoms with E-state index in [0.29, 0.717) is 30.1 Å². The van der Waals surface area contributed by atoms with E-state index in [-0.39, 0.29) is 17.5 Å². The zero-order valence-corrected chi connectivity index (χ0v) is 24.1. The highest BCUT2D eigenvalue weighted by molar-refractivity contribution is 5.94. The van der Waals surface area contributed by atoms with Crippen LogP contribution in [0.3, 0.4) is 0 Å². The van der Waals surface area contributed by atoms with Crippen LogP contribution in [0.25, 0.3) is 11.2 Å². The summed E-state index contributed by atoms with van der Waals surface area (Å²) in [6, 6.07) is 8.13. The molecule has 1 saturated heterocycles. The average molecular weight is 554 g/mol. The van der Waals surface area contributed by atoms with Crippen molar-refractivity contribution in [3.63, 3.8) is 0 Å². The van der Waals surface area contributed by atoms with Crippen molar-refractivity contribution in [1.82, 2.24) is 29.3 Å². The molecule has 1 fully saturated rings. The minimum absolute atomic E-state index is 0.0698. The summed E-state index contributed by atoms with van der Waals surface area (Å²) in [5.41, 5.74) is 2.76. The highest BCUT2D eigenvalue weighted by Crippen LogP contribution is 2.20. The molecule has 3 aromatic rings. The molecular weight excluding hydrogens is 510 g/mol. The molecular formula is C29H43N7O4. The van der Waals surface area contributed by atoms with Gasteiger partial charge in [0.05, 0.1) is 19.8 Å². The summed E-state index contributed by atoms with van der Waals surface area (Å²) >= 11 is 0. The van der Waals surface area contributed by atoms with Crippen LogP contribution in [0.5, 0.6) is 6.01 Å². The van der Waals surface area contributed by atoms with Crippen LogP contribution < -0.4 is 15.7 Å². The molecule has 0 amide bonds. The number of Topliss-reactive ketones (excluding diaryl/α,β-unsaturated/α-hetero) is 1. The smallest absolute Gasteiger partial charge is 0.327 e. The number of carbonyl (C=O) groups excluding carboxylic acids is 1. The van der Waals surface area contributed by atoms with Crippen LogP contribution in [0.4, 0.5) is 5.82 Å². The SMILES string of the molecule is CCCCOc1nc(NC)c2[nH]c(=O)n(CCCN(CCCN3CCOCC3)Cc3cccc(C(C)=O)c3)c2n1. The third-order valence-electron chi connectivity index (χ3n) is 7.22. The van der Waals surface area contributed by atoms with Gasteiger partial charge < -0.3 is 19.8 Å². The fourth-order valence-corrected chi connectivity index (χ4v) is 4.98. The maximum absolute atomic E-state index is 12.9. The number of anilines is 1. The molecule has 1 aliphatic heterocycles. The van der Waals surface area contributed by atoms with E-state index in [2.05, 4.69) is 43.1 Å². The topological polar surface area (TPSA) is 118 Å². The highest BCUT2D eigenvalue weighted by Gasteiger charge is 2.17. The lowest BCUT2D eigenvalue weighted by Gasteiger charge is -2.28. The fraction of sp³-hybridized carbons (Fsp3) is 0.586. The second-order valence-electron chi connectivity index (χ2n) is 10.3. The number of unbranched alkanes of at least 4 members (excludes halogenated alkanes) is 1. The first-order chi connectivity index (χ1) is 19.5. The van der Waals surface area contributed by atoms with Crippen molar-refractivity contribution >= 4 is 22.8 Å². The van der Waals surface area contributed by atoms with Gasteiger partial charge in [-0.2, -0.15) is 9.97 Å². The van der Waals surface area contributed by atoms with E-state index in [1.54, 1.807) is 18.5 Å². The van der Waals surface area contributed by atoms with Crippen LogP contribution in [0.15, 0.2) is 29.1 Å². The second-order valence-corrected chi connectivity index (χ2v) is 10.3. The summed E-state index contributed by atoms with van der Waals surface area (Å²) in [4.78, 5) is 41.6. The molecule has 2 aromatic heterocycles. The zero-order valence-electron chi connectivity index (χ0n) is 24.1. The average Bonchev–Trinajstić information content (AvgIpc) is 3.28. The van der Waals surface area contributed by atoms with Crippen molar-refractivity contribution in [1.29, 1.82) is 0 Å². The number of benzene rings is 1. The number of carbonyl (C=O) groups is 1. The molecule has 11 nitrogen and oxygen atoms in total. The van der Waals surface area contributed by atoms with Crippen molar-refractivity contribution in [2.75, 3.05) is 64.9 Å². The molecule has 11 heteroatoms. The molecule has 3 heterocycles. The number of rotatable bonds is 16. The number of aromatic nitrogens is 4. The van der Waals surface area contributed by atoms with E-state index in [4.69, 9.17) is 9.47 Å². The lowest BCUT2D eigenvalue weighted by Crippen LogP contribution is -2.38. The maximum atomic E-state index is 12.9. The summed E-state index contributed by atoms with van der Waals surface area (Å²) in [5.74, 6) is 0.614. The van der Waals surface area contributed by atoms with Crippen LogP contribution in [-0.2, 0) is 17.8 Å². The van der Waals surface area contributed by atoms with Gasteiger partial charge in [0, 0.05) is 45.3 Å². The van der Waals surface area contributed by atoms with E-state index >= 15 is 0 Å². The summed E-state index contributed by atoms with van der Waals surface area (Å²) in [6.07, 6.45) is 3.73. The van der Waals surface area contributed by atoms with Crippen LogP contribution in [0.1, 0.15) is 55.5 Å². The summed E-state index contributed by atoms with van der Waals surface area (Å²) < 4.78 is 12.9. The Morgan fingerprint density at radius 2 is 1.93 bits per heavy atom. The molecule has 40 heavy (non-hydrogen) atoms. The number of ketones is 1. The Kier molecular flexibility index (Phi) is 11.1. The van der Waals surface area contributed by atoms with Gasteiger partial charge in [0.25, 0.3) is 0 Å². The molecule has 1 aliphatic rings. The quantitative estimate of drug-likeness (QED) is 0.204. The Morgan fingerprint density at radius 1 is 1.15 bits per heavy atom. The maximum Gasteiger partial charge on any atom is 0.327 e. The molecule has 218 valence electrons. The number of aromatic amines is 1. The standard InChI is InChI=1S/C29H43N7O4/c1-4-5-17-40-28-32-26(30-3)25-27(33-28)36(29(38)31-25)14-8-13-35(12-7-11-34-15-18-39-19-16-34)21-23-9-6-10-24(20-23)22(2)37/h6,9-10,20H,4-5,7-8,11-19,21H2,1-3H3,(H,31,38)(H,30,32,33). The van der Waals surface area contributed by atoms with E-state index in [1.807, 2.05) is 18.2 Å². The van der Waals surface area contributed by atoms with Gasteiger partial charge in [0.1, 0.15) is 5.52 Å². The first kappa shape index (κ1) is 29.7. The Morgan fingerprint density at radius 3 is 2.65 bits per heavy atom. The number of H-pyrrole nitrogens is 1. The number of hydrogen-bond donors (Lipinski definition) is 2. The van der Waals surface area contributed by atoms with Gasteiger partial charge in [-0.3, -0.25) is 19.2 Å². The van der Waals surface area contributed by atoms with E-state index < -0.39 is 0 Å². The molecule has 0 radical (unpaired) electrons. The van der Waals surface area contributed by atoms with Crippen LogP contribution in [-0.4, -0.2) is 94.7 Å². The van der Waals surface area contributed by atoms with Gasteiger partial charge in [0.15, 0.2) is 17.2 Å². The number of fused-ring (bicyclic) bond motifs is 1. The number of nitrogens with zero attached hydrogens (tertiary/aromatic N) is 5. The monoisotopic (exact) mass is 553 g/mol. The van der Waals surface area contributed by atoms with Crippen molar-refractivity contribution in [2.24, 2.45) is 0 Å². The number of morpholine rings is 1. The molecule has 0 saturated carbocycles. The third kappa shape index (κ3) is 8.12. The Bertz CT molecular complexity index is 1300. The van der Waals surface area contributed by atoms with Gasteiger partial charge in [-0.1, -0.05) is 31.5 Å². The van der Waals surface area contributed by atoms with Gasteiger partial charge >= 0.3 is 11.7 Å². The van der Waals surface area contributed by atoms with Crippen molar-refractivity contribution in [3.05, 3.63) is 45.9 Å². The largest absolute Gasteiger partial charge is 0.463 e. The van der Waals surface area contributed by atoms with Gasteiger partial charge in [-0.15, -0.1) is 0 Å². The molecule has 0 unspecified atom stereocenters. The van der Waals surface area contributed by atoms with Gasteiger partial charge in [-0.05, 0) is 50.9 Å². The van der Waals surface area contributed by atoms with Gasteiger partial charge in [-0.25, -0.2) is 4.79 Å². The molecule has 1 aromatic carbocycles. The van der Waals surface area contributed by atoms with Crippen LogP contribution in [0, 0.1) is 0 Å². The van der Waals surface area contributed by atoms with E-state index in [9.17, 15) is 9.59 Å². The Labute approximate surface area is 235 Å². The zero-order chi connectivity index (χ0) is 28.3. The molecule has 0 spiro atoms. The van der Waals surface area contributed by atoms with Crippen LogP contribution in [0.2, 0.25) is 0 Å². The minimum Gasteiger partial charge on any atom is -0.463 e. The van der Waals surface area contributed by atoms with Crippen molar-refractivity contribution in [2.45, 2.75) is 52.6 Å². The highest BCUT2D eigenvalue weighted by atomic mass is 16.5. The number of nitrogens with one attached hydrogen (secondary N) is 2. The number of hydrogen-bond acceptors (Lipinski definition) is 9. The molecule has 0 aliphatic carbocycles.